The third-order valence-corrected chi connectivity index (χ3v) is 3.34. The zero-order valence-electron chi connectivity index (χ0n) is 11.7. The van der Waals surface area contributed by atoms with E-state index in [-0.39, 0.29) is 22.6 Å². The fraction of sp³-hybridized carbons (Fsp3) is 0. The van der Waals surface area contributed by atoms with E-state index in [1.54, 1.807) is 18.2 Å². The van der Waals surface area contributed by atoms with Crippen LogP contribution in [-0.2, 0) is 0 Å². The molecule has 23 heavy (non-hydrogen) atoms. The summed E-state index contributed by atoms with van der Waals surface area (Å²) in [5.74, 6) is -1.66. The van der Waals surface area contributed by atoms with Gasteiger partial charge in [0, 0.05) is 11.6 Å². The first-order valence-electron chi connectivity index (χ1n) is 6.68. The molecule has 0 aliphatic rings. The monoisotopic (exact) mass is 307 g/mol. The zero-order chi connectivity index (χ0) is 16.4. The molecule has 3 aromatic rings. The lowest BCUT2D eigenvalue weighted by molar-refractivity contribution is 0.102. The first kappa shape index (κ1) is 14.5. The largest absolute Gasteiger partial charge is 0.505 e. The first-order chi connectivity index (χ1) is 11.1. The van der Waals surface area contributed by atoms with Crippen LogP contribution in [0.5, 0.6) is 5.75 Å². The van der Waals surface area contributed by atoms with E-state index >= 15 is 0 Å². The van der Waals surface area contributed by atoms with Crippen molar-refractivity contribution in [2.75, 3.05) is 5.32 Å². The quantitative estimate of drug-likeness (QED) is 0.761. The lowest BCUT2D eigenvalue weighted by Gasteiger charge is -2.09. The second kappa shape index (κ2) is 5.73. The van der Waals surface area contributed by atoms with Crippen LogP contribution in [0.1, 0.15) is 15.9 Å². The predicted octanol–water partition coefficient (Wildman–Crippen LogP) is 3.20. The number of nitrogens with zero attached hydrogens (tertiary/aromatic N) is 2. The molecule has 5 nitrogen and oxygen atoms in total. The molecule has 0 unspecified atom stereocenters. The molecule has 6 heteroatoms. The van der Waals surface area contributed by atoms with Crippen LogP contribution in [0, 0.1) is 17.1 Å². The lowest BCUT2D eigenvalue weighted by atomic mass is 10.1. The summed E-state index contributed by atoms with van der Waals surface area (Å²) >= 11 is 0. The van der Waals surface area contributed by atoms with Gasteiger partial charge in [0.1, 0.15) is 11.3 Å². The number of halogens is 1. The molecule has 112 valence electrons. The van der Waals surface area contributed by atoms with Crippen molar-refractivity contribution in [3.63, 3.8) is 0 Å². The number of carbonyl (C=O) groups is 1. The van der Waals surface area contributed by atoms with Crippen LogP contribution in [0.4, 0.5) is 10.1 Å². The fourth-order valence-corrected chi connectivity index (χ4v) is 2.19. The summed E-state index contributed by atoms with van der Waals surface area (Å²) < 4.78 is 13.8. The first-order valence-corrected chi connectivity index (χ1v) is 6.68. The van der Waals surface area contributed by atoms with Gasteiger partial charge in [-0.05, 0) is 30.3 Å². The molecule has 0 fully saturated rings. The summed E-state index contributed by atoms with van der Waals surface area (Å²) in [6.45, 7) is 0. The number of rotatable bonds is 2. The Morgan fingerprint density at radius 1 is 1.26 bits per heavy atom. The van der Waals surface area contributed by atoms with Gasteiger partial charge in [0.25, 0.3) is 5.91 Å². The minimum atomic E-state index is -0.726. The number of hydrogen-bond acceptors (Lipinski definition) is 4. The van der Waals surface area contributed by atoms with E-state index < -0.39 is 11.7 Å². The second-order valence-corrected chi connectivity index (χ2v) is 4.80. The van der Waals surface area contributed by atoms with E-state index in [0.717, 1.165) is 6.07 Å². The van der Waals surface area contributed by atoms with E-state index in [4.69, 9.17) is 5.26 Å². The lowest BCUT2D eigenvalue weighted by Crippen LogP contribution is -2.13. The Bertz CT molecular complexity index is 964. The van der Waals surface area contributed by atoms with Gasteiger partial charge in [0.2, 0.25) is 0 Å². The highest BCUT2D eigenvalue weighted by Crippen LogP contribution is 2.27. The Labute approximate surface area is 130 Å². The molecule has 0 radical (unpaired) electrons. The van der Waals surface area contributed by atoms with E-state index in [1.807, 2.05) is 6.07 Å². The molecule has 0 saturated heterocycles. The van der Waals surface area contributed by atoms with Crippen molar-refractivity contribution in [3.8, 4) is 11.8 Å². The van der Waals surface area contributed by atoms with Crippen LogP contribution in [0.2, 0.25) is 0 Å². The molecule has 0 bridgehead atoms. The average molecular weight is 307 g/mol. The number of nitriles is 1. The molecule has 3 rings (SSSR count). The Hall–Kier alpha value is -3.46. The van der Waals surface area contributed by atoms with Crippen LogP contribution >= 0.6 is 0 Å². The number of phenolic OH excluding ortho intramolecular Hbond substituents is 1. The number of carbonyl (C=O) groups excluding carboxylic acids is 1. The number of aromatic nitrogens is 1. The number of fused-ring (bicyclic) bond motifs is 1. The number of benzene rings is 2. The van der Waals surface area contributed by atoms with Gasteiger partial charge in [-0.2, -0.15) is 5.26 Å². The highest BCUT2D eigenvalue weighted by atomic mass is 19.1. The van der Waals surface area contributed by atoms with Gasteiger partial charge in [-0.25, -0.2) is 4.39 Å². The number of aromatic hydroxyl groups is 1. The Kier molecular flexibility index (Phi) is 3.61. The van der Waals surface area contributed by atoms with Gasteiger partial charge in [-0.1, -0.05) is 12.1 Å². The number of amides is 1. The summed E-state index contributed by atoms with van der Waals surface area (Å²) in [6.07, 6.45) is 1.50. The summed E-state index contributed by atoms with van der Waals surface area (Å²) in [6, 6.07) is 12.1. The number of phenols is 1. The van der Waals surface area contributed by atoms with Gasteiger partial charge < -0.3 is 10.4 Å². The molecule has 0 saturated carbocycles. The zero-order valence-corrected chi connectivity index (χ0v) is 11.7. The molecule has 2 N–H and O–H groups in total. The van der Waals surface area contributed by atoms with Crippen molar-refractivity contribution < 1.29 is 14.3 Å². The predicted molar refractivity (Wildman–Crippen MR) is 82.5 cm³/mol. The summed E-state index contributed by atoms with van der Waals surface area (Å²) in [5, 5.41) is 22.0. The summed E-state index contributed by atoms with van der Waals surface area (Å²) in [4.78, 5) is 16.3. The summed E-state index contributed by atoms with van der Waals surface area (Å²) in [7, 11) is 0. The van der Waals surface area contributed by atoms with Crippen molar-refractivity contribution in [2.45, 2.75) is 0 Å². The van der Waals surface area contributed by atoms with Gasteiger partial charge in [0.05, 0.1) is 22.9 Å². The molecule has 1 aromatic heterocycles. The number of hydrogen-bond donors (Lipinski definition) is 2. The SMILES string of the molecule is N#Cc1ccc(NC(=O)c2ccc3cccnc3c2O)c(F)c1. The van der Waals surface area contributed by atoms with Crippen molar-refractivity contribution in [3.05, 3.63) is 65.6 Å². The third kappa shape index (κ3) is 2.68. The van der Waals surface area contributed by atoms with E-state index in [0.29, 0.717) is 10.9 Å². The van der Waals surface area contributed by atoms with Crippen LogP contribution in [0.3, 0.4) is 0 Å². The van der Waals surface area contributed by atoms with Crippen LogP contribution in [0.15, 0.2) is 48.7 Å². The maximum Gasteiger partial charge on any atom is 0.259 e. The van der Waals surface area contributed by atoms with E-state index in [2.05, 4.69) is 10.3 Å². The van der Waals surface area contributed by atoms with Crippen molar-refractivity contribution >= 4 is 22.5 Å². The molecule has 1 heterocycles. The molecule has 0 aliphatic heterocycles. The highest BCUT2D eigenvalue weighted by molar-refractivity contribution is 6.09. The number of pyridine rings is 1. The molecule has 2 aromatic carbocycles. The molecular weight excluding hydrogens is 297 g/mol. The minimum Gasteiger partial charge on any atom is -0.505 e. The van der Waals surface area contributed by atoms with E-state index in [9.17, 15) is 14.3 Å². The summed E-state index contributed by atoms with van der Waals surface area (Å²) in [5.41, 5.74) is 0.355. The van der Waals surface area contributed by atoms with Crippen molar-refractivity contribution in [1.29, 1.82) is 5.26 Å². The van der Waals surface area contributed by atoms with Crippen LogP contribution in [-0.4, -0.2) is 16.0 Å². The van der Waals surface area contributed by atoms with Gasteiger partial charge in [-0.3, -0.25) is 9.78 Å². The molecule has 1 amide bonds. The molecular formula is C17H10FN3O2. The maximum absolute atomic E-state index is 13.8. The van der Waals surface area contributed by atoms with Gasteiger partial charge >= 0.3 is 0 Å². The Morgan fingerprint density at radius 2 is 2.09 bits per heavy atom. The maximum atomic E-state index is 13.8. The van der Waals surface area contributed by atoms with Crippen molar-refractivity contribution in [1.82, 2.24) is 4.98 Å². The third-order valence-electron chi connectivity index (χ3n) is 3.34. The van der Waals surface area contributed by atoms with E-state index in [1.165, 1.54) is 24.4 Å². The van der Waals surface area contributed by atoms with Crippen LogP contribution in [0.25, 0.3) is 10.9 Å². The Morgan fingerprint density at radius 3 is 2.83 bits per heavy atom. The van der Waals surface area contributed by atoms with Crippen LogP contribution < -0.4 is 5.32 Å². The topological polar surface area (TPSA) is 86.0 Å². The molecule has 0 aliphatic carbocycles. The minimum absolute atomic E-state index is 0.0139. The normalized spacial score (nSPS) is 10.3. The molecule has 0 atom stereocenters. The molecule has 0 spiro atoms. The average Bonchev–Trinajstić information content (AvgIpc) is 2.57. The van der Waals surface area contributed by atoms with Gasteiger partial charge in [-0.15, -0.1) is 0 Å². The number of nitrogens with one attached hydrogen (secondary N) is 1. The van der Waals surface area contributed by atoms with Gasteiger partial charge in [0.15, 0.2) is 5.75 Å². The smallest absolute Gasteiger partial charge is 0.259 e. The number of anilines is 1. The second-order valence-electron chi connectivity index (χ2n) is 4.80. The standard InChI is InChI=1S/C17H10FN3O2/c18-13-8-10(9-19)3-6-14(13)21-17(23)12-5-4-11-2-1-7-20-15(11)16(12)22/h1-8,22H,(H,21,23). The highest BCUT2D eigenvalue weighted by Gasteiger charge is 2.16. The fourth-order valence-electron chi connectivity index (χ4n) is 2.19. The Balaban J connectivity index is 1.95. The van der Waals surface area contributed by atoms with Crippen molar-refractivity contribution in [2.24, 2.45) is 0 Å².